The first-order valence-corrected chi connectivity index (χ1v) is 11.4. The second-order valence-electron chi connectivity index (χ2n) is 8.56. The van der Waals surface area contributed by atoms with E-state index in [1.165, 1.54) is 5.69 Å². The Kier molecular flexibility index (Phi) is 4.93. The number of hydrogen-bond donors (Lipinski definition) is 1. The maximum atomic E-state index is 9.22. The predicted octanol–water partition coefficient (Wildman–Crippen LogP) is 4.20. The molecule has 0 amide bonds. The van der Waals surface area contributed by atoms with Crippen molar-refractivity contribution in [2.75, 3.05) is 31.1 Å². The first-order valence-electron chi connectivity index (χ1n) is 11.4. The third-order valence-corrected chi connectivity index (χ3v) is 6.42. The number of imidazole rings is 1. The second kappa shape index (κ2) is 8.25. The van der Waals surface area contributed by atoms with E-state index in [2.05, 4.69) is 51.6 Å². The van der Waals surface area contributed by atoms with E-state index in [4.69, 9.17) is 10.1 Å². The van der Waals surface area contributed by atoms with Crippen LogP contribution in [0.5, 0.6) is 0 Å². The number of aromatic nitrogens is 4. The molecule has 1 aliphatic heterocycles. The molecule has 0 unspecified atom stereocenters. The number of aryl methyl sites for hydroxylation is 1. The summed E-state index contributed by atoms with van der Waals surface area (Å²) in [6.45, 7) is 6.13. The zero-order valence-corrected chi connectivity index (χ0v) is 18.9. The van der Waals surface area contributed by atoms with Crippen LogP contribution in [-0.2, 0) is 0 Å². The van der Waals surface area contributed by atoms with Gasteiger partial charge in [-0.05, 0) is 48.9 Å². The van der Waals surface area contributed by atoms with Gasteiger partial charge in [0.1, 0.15) is 5.69 Å². The molecule has 0 spiro atoms. The molecule has 0 atom stereocenters. The molecule has 1 saturated heterocycles. The summed E-state index contributed by atoms with van der Waals surface area (Å²) in [5.74, 6) is 0. The number of pyridine rings is 1. The summed E-state index contributed by atoms with van der Waals surface area (Å²) < 4.78 is 1.84. The quantitative estimate of drug-likeness (QED) is 0.448. The van der Waals surface area contributed by atoms with E-state index in [-0.39, 0.29) is 0 Å². The lowest BCUT2D eigenvalue weighted by molar-refractivity contribution is 0.589. The van der Waals surface area contributed by atoms with E-state index in [9.17, 15) is 5.26 Å². The van der Waals surface area contributed by atoms with Crippen molar-refractivity contribution in [1.29, 1.82) is 5.26 Å². The molecular formula is C27H23N7. The minimum Gasteiger partial charge on any atom is -0.369 e. The molecule has 2 aromatic carbocycles. The summed E-state index contributed by atoms with van der Waals surface area (Å²) in [6.07, 6.45) is 1.81. The largest absolute Gasteiger partial charge is 0.369 e. The number of piperazine rings is 1. The number of hydrogen-bond acceptors (Lipinski definition) is 6. The fourth-order valence-corrected chi connectivity index (χ4v) is 4.57. The minimum atomic E-state index is 0.594. The fourth-order valence-electron chi connectivity index (χ4n) is 4.57. The van der Waals surface area contributed by atoms with Gasteiger partial charge in [-0.2, -0.15) is 10.4 Å². The summed E-state index contributed by atoms with van der Waals surface area (Å²) in [5, 5.41) is 18.5. The van der Waals surface area contributed by atoms with E-state index in [0.29, 0.717) is 5.56 Å². The number of nitrogens with zero attached hydrogens (tertiary/aromatic N) is 6. The molecule has 5 aromatic rings. The van der Waals surface area contributed by atoms with E-state index in [1.54, 1.807) is 12.3 Å². The molecule has 0 saturated carbocycles. The lowest BCUT2D eigenvalue weighted by atomic mass is 10.0. The zero-order valence-electron chi connectivity index (χ0n) is 18.9. The van der Waals surface area contributed by atoms with Gasteiger partial charge in [-0.15, -0.1) is 0 Å². The van der Waals surface area contributed by atoms with Gasteiger partial charge in [0.25, 0.3) is 0 Å². The molecule has 0 aliphatic carbocycles. The van der Waals surface area contributed by atoms with Crippen molar-refractivity contribution < 1.29 is 0 Å². The highest BCUT2D eigenvalue weighted by molar-refractivity contribution is 5.82. The highest BCUT2D eigenvalue weighted by Crippen LogP contribution is 2.28. The molecule has 1 aliphatic rings. The van der Waals surface area contributed by atoms with Gasteiger partial charge in [0.2, 0.25) is 0 Å². The maximum absolute atomic E-state index is 9.22. The van der Waals surface area contributed by atoms with Crippen LogP contribution in [0.1, 0.15) is 11.3 Å². The molecule has 1 fully saturated rings. The second-order valence-corrected chi connectivity index (χ2v) is 8.56. The van der Waals surface area contributed by atoms with Gasteiger partial charge < -0.3 is 10.2 Å². The van der Waals surface area contributed by atoms with Gasteiger partial charge in [0.15, 0.2) is 5.65 Å². The third-order valence-electron chi connectivity index (χ3n) is 6.42. The molecule has 0 bridgehead atoms. The normalized spacial score (nSPS) is 13.9. The summed E-state index contributed by atoms with van der Waals surface area (Å²) in [6, 6.07) is 22.5. The summed E-state index contributed by atoms with van der Waals surface area (Å²) in [7, 11) is 0. The Labute approximate surface area is 197 Å². The van der Waals surface area contributed by atoms with E-state index in [0.717, 1.165) is 70.9 Å². The SMILES string of the molecule is Cc1nn2c(-c3ccc4ccc(C#N)cc4n3)cnc2cc1-c1ccc(N2CCNCC2)cc1. The smallest absolute Gasteiger partial charge is 0.154 e. The average Bonchev–Trinajstić information content (AvgIpc) is 3.30. The standard InChI is InChI=1S/C27H23N7/c1-18-23(20-4-7-22(8-5-20)33-12-10-29-11-13-33)15-27-30-17-26(34(27)32-18)24-9-6-21-3-2-19(16-28)14-25(21)31-24/h2-9,14-15,17,29H,10-13H2,1H3. The van der Waals surface area contributed by atoms with Gasteiger partial charge >= 0.3 is 0 Å². The monoisotopic (exact) mass is 445 g/mol. The molecular weight excluding hydrogens is 422 g/mol. The van der Waals surface area contributed by atoms with Crippen LogP contribution in [0.4, 0.5) is 5.69 Å². The number of benzene rings is 2. The Morgan fingerprint density at radius 2 is 1.76 bits per heavy atom. The van der Waals surface area contributed by atoms with Gasteiger partial charge in [-0.1, -0.05) is 24.3 Å². The fraction of sp³-hybridized carbons (Fsp3) is 0.185. The van der Waals surface area contributed by atoms with Crippen LogP contribution in [0.2, 0.25) is 0 Å². The van der Waals surface area contributed by atoms with E-state index < -0.39 is 0 Å². The Hall–Kier alpha value is -4.28. The molecule has 7 heteroatoms. The Morgan fingerprint density at radius 3 is 2.56 bits per heavy atom. The van der Waals surface area contributed by atoms with Crippen LogP contribution in [0.15, 0.2) is 66.9 Å². The predicted molar refractivity (Wildman–Crippen MR) is 134 cm³/mol. The van der Waals surface area contributed by atoms with Crippen LogP contribution in [0, 0.1) is 18.3 Å². The van der Waals surface area contributed by atoms with Crippen LogP contribution in [0.3, 0.4) is 0 Å². The first kappa shape index (κ1) is 20.3. The molecule has 166 valence electrons. The van der Waals surface area contributed by atoms with Gasteiger partial charge in [-0.3, -0.25) is 0 Å². The van der Waals surface area contributed by atoms with Crippen molar-refractivity contribution in [2.24, 2.45) is 0 Å². The van der Waals surface area contributed by atoms with Crippen LogP contribution in [-0.4, -0.2) is 45.8 Å². The Balaban J connectivity index is 1.36. The Morgan fingerprint density at radius 1 is 0.971 bits per heavy atom. The molecule has 7 nitrogen and oxygen atoms in total. The summed E-state index contributed by atoms with van der Waals surface area (Å²) in [4.78, 5) is 11.8. The number of anilines is 1. The van der Waals surface area contributed by atoms with Crippen LogP contribution >= 0.6 is 0 Å². The van der Waals surface area contributed by atoms with E-state index >= 15 is 0 Å². The van der Waals surface area contributed by atoms with Crippen molar-refractivity contribution in [3.8, 4) is 28.6 Å². The highest BCUT2D eigenvalue weighted by atomic mass is 15.3. The van der Waals surface area contributed by atoms with Crippen LogP contribution < -0.4 is 10.2 Å². The number of nitriles is 1. The minimum absolute atomic E-state index is 0.594. The summed E-state index contributed by atoms with van der Waals surface area (Å²) >= 11 is 0. The lowest BCUT2D eigenvalue weighted by Gasteiger charge is -2.29. The topological polar surface area (TPSA) is 82.1 Å². The van der Waals surface area contributed by atoms with Gasteiger partial charge in [0.05, 0.1) is 34.7 Å². The van der Waals surface area contributed by atoms with Crippen molar-refractivity contribution in [1.82, 2.24) is 24.9 Å². The Bertz CT molecular complexity index is 1550. The molecule has 6 rings (SSSR count). The van der Waals surface area contributed by atoms with Crippen LogP contribution in [0.25, 0.3) is 39.1 Å². The molecule has 4 heterocycles. The number of nitrogens with one attached hydrogen (secondary N) is 1. The molecule has 3 aromatic heterocycles. The molecule has 1 N–H and O–H groups in total. The van der Waals surface area contributed by atoms with Crippen molar-refractivity contribution in [3.63, 3.8) is 0 Å². The maximum Gasteiger partial charge on any atom is 0.154 e. The molecule has 34 heavy (non-hydrogen) atoms. The zero-order chi connectivity index (χ0) is 23.1. The average molecular weight is 446 g/mol. The lowest BCUT2D eigenvalue weighted by Crippen LogP contribution is -2.43. The van der Waals surface area contributed by atoms with E-state index in [1.807, 2.05) is 35.7 Å². The number of rotatable bonds is 3. The van der Waals surface area contributed by atoms with Gasteiger partial charge in [0, 0.05) is 42.8 Å². The highest BCUT2D eigenvalue weighted by Gasteiger charge is 2.14. The van der Waals surface area contributed by atoms with Crippen molar-refractivity contribution in [3.05, 3.63) is 78.1 Å². The van der Waals surface area contributed by atoms with Crippen molar-refractivity contribution >= 4 is 22.2 Å². The number of fused-ring (bicyclic) bond motifs is 2. The van der Waals surface area contributed by atoms with Gasteiger partial charge in [-0.25, -0.2) is 14.5 Å². The third kappa shape index (κ3) is 3.54. The molecule has 0 radical (unpaired) electrons. The first-order chi connectivity index (χ1) is 16.7. The van der Waals surface area contributed by atoms with Crippen molar-refractivity contribution in [2.45, 2.75) is 6.92 Å². The summed E-state index contributed by atoms with van der Waals surface area (Å²) in [5.41, 5.74) is 8.12.